The normalized spacial score (nSPS) is 11.9. The SMILES string of the molecule is Cc1cc(C(=O)Nc2cc(C(c3ccc(O)c(NC(=O)c4ccc(C(=O)O)c(C)c4)c3)(C(F)(F)F)C(F)(F)F)ccc2O)ccc1C(=O)O. The van der Waals surface area contributed by atoms with Crippen molar-refractivity contribution in [1.29, 1.82) is 0 Å². The topological polar surface area (TPSA) is 173 Å². The summed E-state index contributed by atoms with van der Waals surface area (Å²) >= 11 is 0. The minimum absolute atomic E-state index is 0.119. The highest BCUT2D eigenvalue weighted by Gasteiger charge is 2.72. The third-order valence-electron chi connectivity index (χ3n) is 7.64. The number of carbonyl (C=O) groups is 4. The Morgan fingerprint density at radius 1 is 0.551 bits per heavy atom. The lowest BCUT2D eigenvalue weighted by Gasteiger charge is -2.38. The lowest BCUT2D eigenvalue weighted by molar-refractivity contribution is -0.288. The van der Waals surface area contributed by atoms with E-state index in [9.17, 15) is 65.9 Å². The molecule has 0 unspecified atom stereocenters. The zero-order chi connectivity index (χ0) is 36.6. The summed E-state index contributed by atoms with van der Waals surface area (Å²) in [6.45, 7) is 2.70. The second-order valence-corrected chi connectivity index (χ2v) is 10.8. The number of alkyl halides is 6. The van der Waals surface area contributed by atoms with Gasteiger partial charge >= 0.3 is 24.3 Å². The summed E-state index contributed by atoms with van der Waals surface area (Å²) in [6.07, 6.45) is -12.3. The molecule has 0 aliphatic carbocycles. The van der Waals surface area contributed by atoms with Gasteiger partial charge in [0.15, 0.2) is 0 Å². The summed E-state index contributed by atoms with van der Waals surface area (Å²) in [7, 11) is 0. The van der Waals surface area contributed by atoms with Gasteiger partial charge in [-0.05, 0) is 96.8 Å². The quantitative estimate of drug-likeness (QED) is 0.0845. The van der Waals surface area contributed by atoms with Gasteiger partial charge in [-0.1, -0.05) is 12.1 Å². The number of aromatic carboxylic acids is 2. The molecule has 49 heavy (non-hydrogen) atoms. The monoisotopic (exact) mass is 690 g/mol. The molecule has 0 aliphatic rings. The number of amides is 2. The standard InChI is InChI=1S/C33H24F6N2O8/c1-15-11-17(3-7-21(15)29(46)47)27(44)40-23-13-19(5-9-25(23)42)31(32(34,35)36,33(37,38)39)20-6-10-26(43)24(14-20)41-28(45)18-4-8-22(30(48)49)16(2)12-18/h3-14,42-43H,1-2H3,(H,40,44)(H,41,45)(H,46,47)(H,48,49). The Hall–Kier alpha value is -6.06. The Labute approximate surface area is 272 Å². The van der Waals surface area contributed by atoms with Gasteiger partial charge in [0, 0.05) is 11.1 Å². The minimum atomic E-state index is -6.16. The summed E-state index contributed by atoms with van der Waals surface area (Å²) in [5.41, 5.74) is -10.1. The zero-order valence-corrected chi connectivity index (χ0v) is 25.1. The first-order chi connectivity index (χ1) is 22.7. The summed E-state index contributed by atoms with van der Waals surface area (Å²) < 4.78 is 89.6. The van der Waals surface area contributed by atoms with E-state index in [2.05, 4.69) is 0 Å². The second kappa shape index (κ2) is 12.9. The highest BCUT2D eigenvalue weighted by Crippen LogP contribution is 2.57. The molecule has 0 heterocycles. The third kappa shape index (κ3) is 6.70. The number of hydrogen-bond acceptors (Lipinski definition) is 6. The van der Waals surface area contributed by atoms with E-state index in [-0.39, 0.29) is 45.5 Å². The number of phenolic OH excluding ortho intramolecular Hbond substituents is 2. The molecule has 2 amide bonds. The fraction of sp³-hybridized carbons (Fsp3) is 0.152. The largest absolute Gasteiger partial charge is 0.506 e. The van der Waals surface area contributed by atoms with Crippen LogP contribution in [0.2, 0.25) is 0 Å². The van der Waals surface area contributed by atoms with Crippen molar-refractivity contribution in [2.45, 2.75) is 31.6 Å². The van der Waals surface area contributed by atoms with Crippen LogP contribution in [0, 0.1) is 13.8 Å². The van der Waals surface area contributed by atoms with Crippen LogP contribution in [0.5, 0.6) is 11.5 Å². The number of aryl methyl sites for hydroxylation is 2. The van der Waals surface area contributed by atoms with Crippen molar-refractivity contribution in [2.24, 2.45) is 0 Å². The number of carboxylic acids is 2. The summed E-state index contributed by atoms with van der Waals surface area (Å²) in [4.78, 5) is 48.3. The first-order valence-corrected chi connectivity index (χ1v) is 13.8. The maximum absolute atomic E-state index is 14.9. The average Bonchev–Trinajstić information content (AvgIpc) is 2.98. The number of hydrogen-bond donors (Lipinski definition) is 6. The molecule has 0 saturated heterocycles. The van der Waals surface area contributed by atoms with Crippen LogP contribution >= 0.6 is 0 Å². The highest BCUT2D eigenvalue weighted by atomic mass is 19.4. The van der Waals surface area contributed by atoms with Crippen molar-refractivity contribution in [3.63, 3.8) is 0 Å². The molecule has 6 N–H and O–H groups in total. The van der Waals surface area contributed by atoms with Crippen LogP contribution in [0.4, 0.5) is 37.7 Å². The predicted molar refractivity (Wildman–Crippen MR) is 161 cm³/mol. The number of carbonyl (C=O) groups excluding carboxylic acids is 2. The zero-order valence-electron chi connectivity index (χ0n) is 25.1. The van der Waals surface area contributed by atoms with Crippen molar-refractivity contribution in [2.75, 3.05) is 10.6 Å². The van der Waals surface area contributed by atoms with Gasteiger partial charge in [0.05, 0.1) is 22.5 Å². The van der Waals surface area contributed by atoms with E-state index in [1.807, 2.05) is 10.6 Å². The van der Waals surface area contributed by atoms with Crippen LogP contribution in [-0.4, -0.2) is 56.5 Å². The Morgan fingerprint density at radius 2 is 0.898 bits per heavy atom. The lowest BCUT2D eigenvalue weighted by Crippen LogP contribution is -2.54. The molecule has 0 aliphatic heterocycles. The first kappa shape index (κ1) is 35.8. The minimum Gasteiger partial charge on any atom is -0.506 e. The third-order valence-corrected chi connectivity index (χ3v) is 7.64. The van der Waals surface area contributed by atoms with Gasteiger partial charge in [0.1, 0.15) is 11.5 Å². The van der Waals surface area contributed by atoms with Crippen LogP contribution in [0.1, 0.15) is 63.7 Å². The number of halogens is 6. The molecule has 4 aromatic rings. The van der Waals surface area contributed by atoms with Crippen molar-refractivity contribution >= 4 is 35.1 Å². The van der Waals surface area contributed by atoms with Crippen molar-refractivity contribution in [3.05, 3.63) is 117 Å². The molecule has 0 radical (unpaired) electrons. The van der Waals surface area contributed by atoms with Gasteiger partial charge in [0.2, 0.25) is 5.41 Å². The van der Waals surface area contributed by atoms with E-state index in [0.29, 0.717) is 24.3 Å². The Bertz CT molecular complexity index is 1860. The molecule has 0 spiro atoms. The molecule has 0 fully saturated rings. The molecule has 0 aromatic heterocycles. The fourth-order valence-electron chi connectivity index (χ4n) is 5.20. The summed E-state index contributed by atoms with van der Waals surface area (Å²) in [6, 6.07) is 8.69. The van der Waals surface area contributed by atoms with Crippen LogP contribution in [-0.2, 0) is 5.41 Å². The van der Waals surface area contributed by atoms with Gasteiger partial charge in [0.25, 0.3) is 11.8 Å². The average molecular weight is 691 g/mol. The number of carboxylic acid groups (broad SMARTS) is 2. The number of anilines is 2. The van der Waals surface area contributed by atoms with Gasteiger partial charge in [-0.2, -0.15) is 26.3 Å². The smallest absolute Gasteiger partial charge is 0.411 e. The van der Waals surface area contributed by atoms with Crippen LogP contribution in [0.15, 0.2) is 72.8 Å². The number of phenols is 2. The molecule has 4 rings (SSSR count). The van der Waals surface area contributed by atoms with Crippen molar-refractivity contribution in [1.82, 2.24) is 0 Å². The molecule has 16 heteroatoms. The van der Waals surface area contributed by atoms with Gasteiger partial charge < -0.3 is 31.1 Å². The maximum Gasteiger partial charge on any atom is 0.411 e. The fourth-order valence-corrected chi connectivity index (χ4v) is 5.20. The van der Waals surface area contributed by atoms with Gasteiger partial charge in [-0.3, -0.25) is 9.59 Å². The van der Waals surface area contributed by atoms with Gasteiger partial charge in [-0.25, -0.2) is 9.59 Å². The van der Waals surface area contributed by atoms with E-state index in [0.717, 1.165) is 36.4 Å². The second-order valence-electron chi connectivity index (χ2n) is 10.8. The molecule has 4 aromatic carbocycles. The number of aromatic hydroxyl groups is 2. The van der Waals surface area contributed by atoms with E-state index in [4.69, 9.17) is 0 Å². The van der Waals surface area contributed by atoms with E-state index < -0.39 is 75.5 Å². The molecule has 0 saturated carbocycles. The molecular formula is C33H24F6N2O8. The van der Waals surface area contributed by atoms with Crippen LogP contribution in [0.3, 0.4) is 0 Å². The Balaban J connectivity index is 1.82. The van der Waals surface area contributed by atoms with E-state index >= 15 is 0 Å². The van der Waals surface area contributed by atoms with E-state index in [1.54, 1.807) is 0 Å². The van der Waals surface area contributed by atoms with Crippen LogP contribution in [0.25, 0.3) is 0 Å². The van der Waals surface area contributed by atoms with Crippen LogP contribution < -0.4 is 10.6 Å². The van der Waals surface area contributed by atoms with Crippen molar-refractivity contribution < 1.29 is 65.9 Å². The molecule has 256 valence electrons. The molecule has 0 bridgehead atoms. The summed E-state index contributed by atoms with van der Waals surface area (Å²) in [5, 5.41) is 43.1. The Morgan fingerprint density at radius 3 is 1.18 bits per heavy atom. The molecular weight excluding hydrogens is 666 g/mol. The number of nitrogens with one attached hydrogen (secondary N) is 2. The lowest BCUT2D eigenvalue weighted by atomic mass is 9.72. The number of rotatable bonds is 8. The summed E-state index contributed by atoms with van der Waals surface area (Å²) in [5.74, 6) is -6.63. The van der Waals surface area contributed by atoms with E-state index in [1.165, 1.54) is 13.8 Å². The molecule has 10 nitrogen and oxygen atoms in total. The maximum atomic E-state index is 14.9. The van der Waals surface area contributed by atoms with Gasteiger partial charge in [-0.15, -0.1) is 0 Å². The van der Waals surface area contributed by atoms with Crippen molar-refractivity contribution in [3.8, 4) is 11.5 Å². The highest BCUT2D eigenvalue weighted by molar-refractivity contribution is 6.06. The first-order valence-electron chi connectivity index (χ1n) is 13.8. The molecule has 0 atom stereocenters. The predicted octanol–water partition coefficient (Wildman–Crippen LogP) is 7.03. The number of benzene rings is 4. The Kier molecular flexibility index (Phi) is 9.39.